The zero-order valence-electron chi connectivity index (χ0n) is 10.6. The van der Waals surface area contributed by atoms with Gasteiger partial charge in [-0.15, -0.1) is 0 Å². The maximum atomic E-state index is 9.05. The van der Waals surface area contributed by atoms with Gasteiger partial charge in [0.15, 0.2) is 0 Å². The molecule has 0 atom stereocenters. The average molecular weight is 252 g/mol. The van der Waals surface area contributed by atoms with Crippen molar-refractivity contribution >= 4 is 11.4 Å². The first-order chi connectivity index (χ1) is 9.36. The van der Waals surface area contributed by atoms with Crippen molar-refractivity contribution < 1.29 is 5.11 Å². The number of anilines is 2. The van der Waals surface area contributed by atoms with Crippen LogP contribution in [-0.2, 0) is 6.61 Å². The summed E-state index contributed by atoms with van der Waals surface area (Å²) in [4.78, 5) is 4.37. The Hall–Kier alpha value is -2.26. The molecule has 0 fully saturated rings. The Morgan fingerprint density at radius 2 is 1.37 bits per heavy atom. The third-order valence-electron chi connectivity index (χ3n) is 3.27. The number of rotatable bonds is 3. The minimum Gasteiger partial charge on any atom is -0.392 e. The van der Waals surface area contributed by atoms with E-state index < -0.39 is 0 Å². The molecule has 3 nitrogen and oxygen atoms in total. The molecule has 1 heterocycles. The summed E-state index contributed by atoms with van der Waals surface area (Å²) < 4.78 is 0. The molecule has 96 valence electrons. The second-order valence-corrected chi connectivity index (χ2v) is 4.54. The highest BCUT2D eigenvalue weighted by molar-refractivity contribution is 5.59. The molecule has 0 saturated carbocycles. The van der Waals surface area contributed by atoms with Crippen LogP contribution in [0, 0.1) is 0 Å². The summed E-state index contributed by atoms with van der Waals surface area (Å²) in [6.07, 6.45) is 4.15. The lowest BCUT2D eigenvalue weighted by Crippen LogP contribution is -2.24. The van der Waals surface area contributed by atoms with Crippen molar-refractivity contribution in [2.45, 2.75) is 6.61 Å². The van der Waals surface area contributed by atoms with Crippen molar-refractivity contribution in [3.63, 3.8) is 0 Å². The number of nitrogens with zero attached hydrogens (tertiary/aromatic N) is 2. The predicted octanol–water partition coefficient (Wildman–Crippen LogP) is 2.93. The molecule has 19 heavy (non-hydrogen) atoms. The number of para-hydroxylation sites is 1. The highest BCUT2D eigenvalue weighted by Gasteiger charge is 2.14. The number of aliphatic hydroxyl groups excluding tert-OH is 1. The molecule has 2 aromatic rings. The largest absolute Gasteiger partial charge is 0.392 e. The number of hydrogen-bond donors (Lipinski definition) is 1. The third-order valence-corrected chi connectivity index (χ3v) is 3.27. The van der Waals surface area contributed by atoms with E-state index in [0.717, 1.165) is 17.9 Å². The third kappa shape index (κ3) is 2.46. The van der Waals surface area contributed by atoms with Crippen molar-refractivity contribution in [2.24, 2.45) is 0 Å². The second kappa shape index (κ2) is 5.16. The zero-order chi connectivity index (χ0) is 13.1. The van der Waals surface area contributed by atoms with Crippen LogP contribution in [0.25, 0.3) is 0 Å². The fraction of sp³-hybridized carbons (Fsp3) is 0.125. The molecule has 2 aromatic carbocycles. The van der Waals surface area contributed by atoms with E-state index >= 15 is 0 Å². The minimum absolute atomic E-state index is 0.0895. The van der Waals surface area contributed by atoms with Crippen LogP contribution in [-0.4, -0.2) is 11.8 Å². The highest BCUT2D eigenvalue weighted by Crippen LogP contribution is 2.23. The summed E-state index contributed by atoms with van der Waals surface area (Å²) >= 11 is 0. The minimum atomic E-state index is 0.0895. The Balaban J connectivity index is 1.74. The lowest BCUT2D eigenvalue weighted by Gasteiger charge is -2.21. The van der Waals surface area contributed by atoms with Gasteiger partial charge in [0.2, 0.25) is 0 Å². The standard InChI is InChI=1S/C16H16N2O/c19-12-14-6-8-16(9-7-14)18-11-10-17(13-18)15-4-2-1-3-5-15/h1-11,19H,12-13H2. The first-order valence-corrected chi connectivity index (χ1v) is 6.33. The monoisotopic (exact) mass is 252 g/mol. The van der Waals surface area contributed by atoms with Crippen LogP contribution in [0.15, 0.2) is 67.0 Å². The van der Waals surface area contributed by atoms with Gasteiger partial charge in [-0.25, -0.2) is 0 Å². The summed E-state index contributed by atoms with van der Waals surface area (Å²) in [6.45, 7) is 0.898. The normalized spacial score (nSPS) is 14.2. The summed E-state index contributed by atoms with van der Waals surface area (Å²) in [7, 11) is 0. The fourth-order valence-corrected chi connectivity index (χ4v) is 2.17. The second-order valence-electron chi connectivity index (χ2n) is 4.54. The molecule has 0 radical (unpaired) electrons. The van der Waals surface area contributed by atoms with Crippen molar-refractivity contribution in [3.8, 4) is 0 Å². The highest BCUT2D eigenvalue weighted by atomic mass is 16.3. The first kappa shape index (κ1) is 11.8. The summed E-state index contributed by atoms with van der Waals surface area (Å²) in [5.41, 5.74) is 3.26. The molecule has 0 bridgehead atoms. The van der Waals surface area contributed by atoms with Crippen molar-refractivity contribution in [2.75, 3.05) is 16.5 Å². The van der Waals surface area contributed by atoms with Crippen molar-refractivity contribution in [3.05, 3.63) is 72.6 Å². The molecular weight excluding hydrogens is 236 g/mol. The molecule has 1 aliphatic heterocycles. The molecule has 0 amide bonds. The average Bonchev–Trinajstić information content (AvgIpc) is 2.98. The Morgan fingerprint density at radius 1 is 0.789 bits per heavy atom. The van der Waals surface area contributed by atoms with E-state index in [9.17, 15) is 0 Å². The van der Waals surface area contributed by atoms with Crippen LogP contribution < -0.4 is 9.80 Å². The van der Waals surface area contributed by atoms with Gasteiger partial charge in [0.25, 0.3) is 0 Å². The van der Waals surface area contributed by atoms with Gasteiger partial charge < -0.3 is 14.9 Å². The molecular formula is C16H16N2O. The van der Waals surface area contributed by atoms with Gasteiger partial charge in [-0.2, -0.15) is 0 Å². The van der Waals surface area contributed by atoms with E-state index in [4.69, 9.17) is 5.11 Å². The van der Waals surface area contributed by atoms with E-state index in [1.807, 2.05) is 42.5 Å². The molecule has 3 rings (SSSR count). The van der Waals surface area contributed by atoms with Crippen molar-refractivity contribution in [1.82, 2.24) is 0 Å². The first-order valence-electron chi connectivity index (χ1n) is 6.33. The van der Waals surface area contributed by atoms with Gasteiger partial charge in [0.05, 0.1) is 13.3 Å². The maximum Gasteiger partial charge on any atom is 0.0989 e. The molecule has 0 aromatic heterocycles. The van der Waals surface area contributed by atoms with E-state index in [1.54, 1.807) is 0 Å². The molecule has 0 saturated heterocycles. The van der Waals surface area contributed by atoms with E-state index in [-0.39, 0.29) is 6.61 Å². The Kier molecular flexibility index (Phi) is 3.21. The van der Waals surface area contributed by atoms with Crippen LogP contribution in [0.5, 0.6) is 0 Å². The van der Waals surface area contributed by atoms with Gasteiger partial charge >= 0.3 is 0 Å². The Morgan fingerprint density at radius 3 is 1.95 bits per heavy atom. The van der Waals surface area contributed by atoms with Crippen molar-refractivity contribution in [1.29, 1.82) is 0 Å². The fourth-order valence-electron chi connectivity index (χ4n) is 2.17. The van der Waals surface area contributed by atoms with Crippen LogP contribution >= 0.6 is 0 Å². The SMILES string of the molecule is OCc1ccc(N2C=CN(c3ccccc3)C2)cc1. The van der Waals surface area contributed by atoms with E-state index in [2.05, 4.69) is 34.3 Å². The molecule has 0 aliphatic carbocycles. The van der Waals surface area contributed by atoms with Crippen LogP contribution in [0.1, 0.15) is 5.56 Å². The lowest BCUT2D eigenvalue weighted by molar-refractivity contribution is 0.282. The van der Waals surface area contributed by atoms with Crippen LogP contribution in [0.3, 0.4) is 0 Å². The molecule has 0 spiro atoms. The van der Waals surface area contributed by atoms with Gasteiger partial charge in [-0.05, 0) is 29.8 Å². The van der Waals surface area contributed by atoms with E-state index in [1.165, 1.54) is 5.69 Å². The van der Waals surface area contributed by atoms with Gasteiger partial charge in [-0.3, -0.25) is 0 Å². The molecule has 1 aliphatic rings. The molecule has 1 N–H and O–H groups in total. The topological polar surface area (TPSA) is 26.7 Å². The van der Waals surface area contributed by atoms with Crippen LogP contribution in [0.2, 0.25) is 0 Å². The number of hydrogen-bond acceptors (Lipinski definition) is 3. The molecule has 0 unspecified atom stereocenters. The summed E-state index contributed by atoms with van der Waals surface area (Å²) in [5.74, 6) is 0. The smallest absolute Gasteiger partial charge is 0.0989 e. The number of aliphatic hydroxyl groups is 1. The predicted molar refractivity (Wildman–Crippen MR) is 77.8 cm³/mol. The van der Waals surface area contributed by atoms with Gasteiger partial charge in [-0.1, -0.05) is 30.3 Å². The lowest BCUT2D eigenvalue weighted by atomic mass is 10.2. The van der Waals surface area contributed by atoms with E-state index in [0.29, 0.717) is 0 Å². The maximum absolute atomic E-state index is 9.05. The Labute approximate surface area is 113 Å². The summed E-state index contributed by atoms with van der Waals surface area (Å²) in [6, 6.07) is 18.3. The van der Waals surface area contributed by atoms with Gasteiger partial charge in [0.1, 0.15) is 0 Å². The van der Waals surface area contributed by atoms with Gasteiger partial charge in [0, 0.05) is 23.8 Å². The summed E-state index contributed by atoms with van der Waals surface area (Å²) in [5, 5.41) is 9.05. The zero-order valence-corrected chi connectivity index (χ0v) is 10.6. The Bertz CT molecular complexity index is 563. The quantitative estimate of drug-likeness (QED) is 0.909. The van der Waals surface area contributed by atoms with Crippen LogP contribution in [0.4, 0.5) is 11.4 Å². The molecule has 3 heteroatoms. The number of benzene rings is 2.